The number of aromatic nitrogens is 2. The number of hydrogen-bond acceptors (Lipinski definition) is 2. The molecule has 6 heteroatoms. The number of fused-ring (bicyclic) bond motifs is 1. The van der Waals surface area contributed by atoms with Crippen molar-refractivity contribution in [2.75, 3.05) is 13.6 Å². The number of halogens is 2. The number of imidazole rings is 1. The topological polar surface area (TPSA) is 38.1 Å². The number of amides is 1. The lowest BCUT2D eigenvalue weighted by Gasteiger charge is -2.16. The molecule has 0 N–H and O–H groups in total. The van der Waals surface area contributed by atoms with E-state index in [1.807, 2.05) is 0 Å². The highest BCUT2D eigenvalue weighted by Gasteiger charge is 2.34. The van der Waals surface area contributed by atoms with Crippen LogP contribution < -0.4 is 0 Å². The van der Waals surface area contributed by atoms with Gasteiger partial charge in [0.25, 0.3) is 0 Å². The molecule has 0 radical (unpaired) electrons. The Morgan fingerprint density at radius 2 is 2.25 bits per heavy atom. The summed E-state index contributed by atoms with van der Waals surface area (Å²) in [6, 6.07) is 4.05. The first-order valence-corrected chi connectivity index (χ1v) is 6.99. The third-order valence-electron chi connectivity index (χ3n) is 3.75. The largest absolute Gasteiger partial charge is 0.344 e. The van der Waals surface area contributed by atoms with Crippen LogP contribution in [0, 0.1) is 5.82 Å². The number of hydrogen-bond donors (Lipinski definition) is 0. The quantitative estimate of drug-likeness (QED) is 0.799. The van der Waals surface area contributed by atoms with E-state index in [4.69, 9.17) is 11.6 Å². The second kappa shape index (κ2) is 4.74. The molecule has 0 bridgehead atoms. The third-order valence-corrected chi connectivity index (χ3v) is 3.94. The Bertz CT molecular complexity index is 682. The molecule has 0 aliphatic carbocycles. The van der Waals surface area contributed by atoms with Gasteiger partial charge in [0.2, 0.25) is 5.91 Å². The molecule has 2 heterocycles. The summed E-state index contributed by atoms with van der Waals surface area (Å²) in [5.74, 6) is 0.291. The lowest BCUT2D eigenvalue weighted by Crippen LogP contribution is -2.25. The van der Waals surface area contributed by atoms with Gasteiger partial charge in [0.1, 0.15) is 17.7 Å². The number of carbonyl (C=O) groups excluding carboxylic acids is 1. The zero-order valence-electron chi connectivity index (χ0n) is 11.3. The van der Waals surface area contributed by atoms with Crippen LogP contribution in [0.2, 0.25) is 0 Å². The molecule has 0 saturated carbocycles. The summed E-state index contributed by atoms with van der Waals surface area (Å²) >= 11 is 6.18. The minimum atomic E-state index is -0.344. The van der Waals surface area contributed by atoms with Gasteiger partial charge in [-0.1, -0.05) is 0 Å². The van der Waals surface area contributed by atoms with E-state index >= 15 is 0 Å². The maximum absolute atomic E-state index is 13.5. The van der Waals surface area contributed by atoms with E-state index in [-0.39, 0.29) is 23.1 Å². The molecule has 1 aromatic carbocycles. The molecule has 1 aromatic heterocycles. The maximum Gasteiger partial charge on any atom is 0.245 e. The first kappa shape index (κ1) is 13.4. The number of likely N-dealkylation sites (N-methyl/N-ethyl adjacent to an activating group) is 1. The van der Waals surface area contributed by atoms with E-state index in [2.05, 4.69) is 4.98 Å². The summed E-state index contributed by atoms with van der Waals surface area (Å²) in [5.41, 5.74) is 1.29. The normalized spacial score (nSPS) is 20.9. The van der Waals surface area contributed by atoms with Crippen LogP contribution in [-0.4, -0.2) is 34.0 Å². The number of alkyl halides is 1. The van der Waals surface area contributed by atoms with Crippen LogP contribution >= 0.6 is 11.6 Å². The van der Waals surface area contributed by atoms with Crippen molar-refractivity contribution in [2.45, 2.75) is 24.8 Å². The van der Waals surface area contributed by atoms with Crippen molar-refractivity contribution >= 4 is 28.5 Å². The molecule has 1 aliphatic rings. The molecule has 20 heavy (non-hydrogen) atoms. The number of likely N-dealkylation sites (tertiary alicyclic amines) is 1. The predicted molar refractivity (Wildman–Crippen MR) is 75.3 cm³/mol. The van der Waals surface area contributed by atoms with Crippen molar-refractivity contribution in [1.82, 2.24) is 14.5 Å². The Labute approximate surface area is 121 Å². The van der Waals surface area contributed by atoms with Gasteiger partial charge in [-0.15, -0.1) is 11.6 Å². The Morgan fingerprint density at radius 1 is 1.50 bits per heavy atom. The van der Waals surface area contributed by atoms with Gasteiger partial charge in [-0.25, -0.2) is 9.37 Å². The van der Waals surface area contributed by atoms with Crippen LogP contribution in [0.5, 0.6) is 0 Å². The summed E-state index contributed by atoms with van der Waals surface area (Å²) in [6.45, 7) is 2.49. The van der Waals surface area contributed by atoms with Gasteiger partial charge >= 0.3 is 0 Å². The van der Waals surface area contributed by atoms with Crippen molar-refractivity contribution < 1.29 is 9.18 Å². The monoisotopic (exact) mass is 295 g/mol. The fourth-order valence-corrected chi connectivity index (χ4v) is 2.89. The molecular weight excluding hydrogens is 281 g/mol. The summed E-state index contributed by atoms with van der Waals surface area (Å²) in [6.07, 6.45) is 0.688. The van der Waals surface area contributed by atoms with E-state index < -0.39 is 0 Å². The Hall–Kier alpha value is -1.62. The number of rotatable bonds is 2. The molecule has 2 unspecified atom stereocenters. The lowest BCUT2D eigenvalue weighted by atomic mass is 10.2. The maximum atomic E-state index is 13.5. The van der Waals surface area contributed by atoms with Gasteiger partial charge in [-0.2, -0.15) is 0 Å². The van der Waals surface area contributed by atoms with Crippen molar-refractivity contribution in [3.8, 4) is 0 Å². The van der Waals surface area contributed by atoms with E-state index in [0.717, 1.165) is 0 Å². The van der Waals surface area contributed by atoms with Crippen LogP contribution in [0.15, 0.2) is 18.2 Å². The average Bonchev–Trinajstić information content (AvgIpc) is 2.91. The highest BCUT2D eigenvalue weighted by atomic mass is 35.5. The fourth-order valence-electron chi connectivity index (χ4n) is 2.74. The summed E-state index contributed by atoms with van der Waals surface area (Å²) < 4.78 is 15.3. The van der Waals surface area contributed by atoms with Gasteiger partial charge in [0.15, 0.2) is 0 Å². The van der Waals surface area contributed by atoms with Crippen LogP contribution in [0.4, 0.5) is 4.39 Å². The fraction of sp³-hybridized carbons (Fsp3) is 0.429. The molecule has 4 nitrogen and oxygen atoms in total. The zero-order chi connectivity index (χ0) is 14.4. The molecule has 1 saturated heterocycles. The smallest absolute Gasteiger partial charge is 0.245 e. The minimum Gasteiger partial charge on any atom is -0.344 e. The van der Waals surface area contributed by atoms with Crippen molar-refractivity contribution in [3.05, 3.63) is 29.8 Å². The minimum absolute atomic E-state index is 0.0205. The predicted octanol–water partition coefficient (Wildman–Crippen LogP) is 2.88. The number of nitrogens with zero attached hydrogens (tertiary/aromatic N) is 3. The summed E-state index contributed by atoms with van der Waals surface area (Å²) in [4.78, 5) is 18.4. The van der Waals surface area contributed by atoms with Crippen molar-refractivity contribution in [3.63, 3.8) is 0 Å². The summed E-state index contributed by atoms with van der Waals surface area (Å²) in [7, 11) is 1.77. The second-order valence-electron chi connectivity index (χ2n) is 5.15. The molecule has 1 fully saturated rings. The molecule has 2 atom stereocenters. The first-order chi connectivity index (χ1) is 9.49. The standard InChI is InChI=1S/C14H15ClFN3O/c1-8(15)13-17-10-4-3-9(16)7-12(10)19(13)11-5-6-18(2)14(11)20/h3-4,7-8,11H,5-6H2,1-2H3. The molecule has 2 aromatic rings. The number of carbonyl (C=O) groups is 1. The van der Waals surface area contributed by atoms with Crippen molar-refractivity contribution in [1.29, 1.82) is 0 Å². The Kier molecular flexibility index (Phi) is 3.17. The van der Waals surface area contributed by atoms with Crippen molar-refractivity contribution in [2.24, 2.45) is 0 Å². The highest BCUT2D eigenvalue weighted by Crippen LogP contribution is 2.32. The summed E-state index contributed by atoms with van der Waals surface area (Å²) in [5, 5.41) is -0.343. The Balaban J connectivity index is 2.23. The van der Waals surface area contributed by atoms with Gasteiger partial charge in [-0.05, 0) is 31.5 Å². The van der Waals surface area contributed by atoms with Crippen LogP contribution in [-0.2, 0) is 4.79 Å². The van der Waals surface area contributed by atoms with Crippen LogP contribution in [0.1, 0.15) is 30.6 Å². The molecule has 0 spiro atoms. The lowest BCUT2D eigenvalue weighted by molar-refractivity contribution is -0.129. The van der Waals surface area contributed by atoms with E-state index in [0.29, 0.717) is 29.8 Å². The number of benzene rings is 1. The van der Waals surface area contributed by atoms with Gasteiger partial charge in [0.05, 0.1) is 16.4 Å². The van der Waals surface area contributed by atoms with Gasteiger partial charge < -0.3 is 9.47 Å². The SMILES string of the molecule is CC(Cl)c1nc2ccc(F)cc2n1C1CCN(C)C1=O. The molecule has 1 amide bonds. The third kappa shape index (κ3) is 1.97. The molecule has 106 valence electrons. The van der Waals surface area contributed by atoms with Gasteiger partial charge in [0, 0.05) is 13.6 Å². The van der Waals surface area contributed by atoms with E-state index in [1.54, 1.807) is 29.5 Å². The second-order valence-corrected chi connectivity index (χ2v) is 5.81. The van der Waals surface area contributed by atoms with E-state index in [1.165, 1.54) is 12.1 Å². The van der Waals surface area contributed by atoms with Crippen LogP contribution in [0.3, 0.4) is 0 Å². The van der Waals surface area contributed by atoms with E-state index in [9.17, 15) is 9.18 Å². The first-order valence-electron chi connectivity index (χ1n) is 6.55. The van der Waals surface area contributed by atoms with Crippen LogP contribution in [0.25, 0.3) is 11.0 Å². The Morgan fingerprint density at radius 3 is 2.85 bits per heavy atom. The molecule has 3 rings (SSSR count). The zero-order valence-corrected chi connectivity index (χ0v) is 12.1. The highest BCUT2D eigenvalue weighted by molar-refractivity contribution is 6.20. The average molecular weight is 296 g/mol. The molecule has 1 aliphatic heterocycles. The molecular formula is C14H15ClFN3O. The van der Waals surface area contributed by atoms with Gasteiger partial charge in [-0.3, -0.25) is 4.79 Å².